The number of imide groups is 1. The van der Waals surface area contributed by atoms with Gasteiger partial charge in [-0.05, 0) is 18.8 Å². The van der Waals surface area contributed by atoms with E-state index in [9.17, 15) is 27.6 Å². The first-order valence-electron chi connectivity index (χ1n) is 7.57. The van der Waals surface area contributed by atoms with Crippen molar-refractivity contribution in [1.82, 2.24) is 10.2 Å². The van der Waals surface area contributed by atoms with Crippen molar-refractivity contribution in [1.29, 1.82) is 0 Å². The molecule has 23 heavy (non-hydrogen) atoms. The van der Waals surface area contributed by atoms with Gasteiger partial charge < -0.3 is 10.4 Å². The lowest BCUT2D eigenvalue weighted by atomic mass is 9.83. The van der Waals surface area contributed by atoms with Crippen molar-refractivity contribution in [2.24, 2.45) is 11.8 Å². The van der Waals surface area contributed by atoms with Crippen LogP contribution in [0.5, 0.6) is 0 Å². The second kappa shape index (κ2) is 6.37. The molecule has 0 spiro atoms. The van der Waals surface area contributed by atoms with Crippen molar-refractivity contribution in [2.45, 2.75) is 57.3 Å². The Kier molecular flexibility index (Phi) is 4.86. The molecule has 0 unspecified atom stereocenters. The van der Waals surface area contributed by atoms with Crippen LogP contribution in [0.4, 0.5) is 18.0 Å². The van der Waals surface area contributed by atoms with E-state index in [-0.39, 0.29) is 0 Å². The van der Waals surface area contributed by atoms with Gasteiger partial charge in [0.05, 0.1) is 5.92 Å². The predicted octanol–water partition coefficient (Wildman–Crippen LogP) is 2.14. The number of hydrogen-bond acceptors (Lipinski definition) is 3. The molecular formula is C14H19F3N2O4. The van der Waals surface area contributed by atoms with E-state index in [2.05, 4.69) is 0 Å². The second-order valence-corrected chi connectivity index (χ2v) is 6.15. The number of rotatable bonds is 3. The minimum atomic E-state index is -4.64. The van der Waals surface area contributed by atoms with Crippen LogP contribution in [0.3, 0.4) is 0 Å². The molecule has 3 atom stereocenters. The largest absolute Gasteiger partial charge is 0.480 e. The lowest BCUT2D eigenvalue weighted by Gasteiger charge is -2.42. The summed E-state index contributed by atoms with van der Waals surface area (Å²) in [4.78, 5) is 35.1. The fourth-order valence-electron chi connectivity index (χ4n) is 3.32. The number of carbonyl (C=O) groups excluding carboxylic acids is 2. The van der Waals surface area contributed by atoms with Crippen LogP contribution in [0.25, 0.3) is 0 Å². The first kappa shape index (κ1) is 17.6. The topological polar surface area (TPSA) is 86.7 Å². The van der Waals surface area contributed by atoms with Crippen LogP contribution in [-0.2, 0) is 9.59 Å². The number of halogens is 3. The molecule has 0 aromatic carbocycles. The third-order valence-electron chi connectivity index (χ3n) is 4.60. The summed E-state index contributed by atoms with van der Waals surface area (Å²) in [6.07, 6.45) is -1.78. The molecule has 2 rings (SSSR count). The van der Waals surface area contributed by atoms with Gasteiger partial charge in [0.1, 0.15) is 12.1 Å². The van der Waals surface area contributed by atoms with E-state index in [0.717, 1.165) is 6.42 Å². The van der Waals surface area contributed by atoms with Crippen molar-refractivity contribution in [2.75, 3.05) is 0 Å². The number of amides is 3. The molecule has 1 aliphatic heterocycles. The number of β-lactam (4-membered cyclic amide) rings is 1. The first-order valence-corrected chi connectivity index (χ1v) is 7.57. The fraction of sp³-hybridized carbons (Fsp3) is 0.786. The van der Waals surface area contributed by atoms with E-state index in [1.54, 1.807) is 0 Å². The lowest BCUT2D eigenvalue weighted by Crippen LogP contribution is -2.69. The highest BCUT2D eigenvalue weighted by molar-refractivity contribution is 6.07. The van der Waals surface area contributed by atoms with Crippen LogP contribution in [0, 0.1) is 11.8 Å². The van der Waals surface area contributed by atoms with Crippen molar-refractivity contribution in [3.05, 3.63) is 0 Å². The number of alkyl halides is 3. The molecule has 0 radical (unpaired) electrons. The summed E-state index contributed by atoms with van der Waals surface area (Å²) in [6.45, 7) is 1.33. The fourth-order valence-corrected chi connectivity index (χ4v) is 3.32. The quantitative estimate of drug-likeness (QED) is 0.773. The van der Waals surface area contributed by atoms with E-state index in [1.165, 1.54) is 6.92 Å². The Morgan fingerprint density at radius 3 is 2.30 bits per heavy atom. The first-order chi connectivity index (χ1) is 10.6. The Bertz CT molecular complexity index is 503. The van der Waals surface area contributed by atoms with Gasteiger partial charge in [0, 0.05) is 0 Å². The Hall–Kier alpha value is -1.80. The number of carboxylic acids is 1. The van der Waals surface area contributed by atoms with Crippen LogP contribution >= 0.6 is 0 Å². The van der Waals surface area contributed by atoms with Crippen LogP contribution in [0.15, 0.2) is 0 Å². The highest BCUT2D eigenvalue weighted by atomic mass is 19.4. The Balaban J connectivity index is 2.11. The van der Waals surface area contributed by atoms with Gasteiger partial charge in [0.2, 0.25) is 5.91 Å². The second-order valence-electron chi connectivity index (χ2n) is 6.15. The standard InChI is InChI=1S/C14H19F3N2O4/c1-7-9(12(21)22)19(11(7)20)13(23)18-10(14(15,16)17)8-5-3-2-4-6-8/h7-10H,2-6H2,1H3,(H,18,23)(H,21,22)/t7-,9+,10+/m1/s1. The van der Waals surface area contributed by atoms with Gasteiger partial charge in [-0.25, -0.2) is 14.5 Å². The molecule has 0 aromatic heterocycles. The number of carboxylic acid groups (broad SMARTS) is 1. The molecule has 0 aromatic rings. The van der Waals surface area contributed by atoms with Gasteiger partial charge in [-0.2, -0.15) is 13.2 Å². The summed E-state index contributed by atoms with van der Waals surface area (Å²) in [6, 6.07) is -4.76. The zero-order chi connectivity index (χ0) is 17.4. The zero-order valence-electron chi connectivity index (χ0n) is 12.6. The summed E-state index contributed by atoms with van der Waals surface area (Å²) in [5.41, 5.74) is 0. The molecule has 0 bridgehead atoms. The number of aliphatic carboxylic acids is 1. The van der Waals surface area contributed by atoms with Crippen molar-refractivity contribution in [3.63, 3.8) is 0 Å². The van der Waals surface area contributed by atoms with E-state index in [4.69, 9.17) is 5.11 Å². The highest BCUT2D eigenvalue weighted by Crippen LogP contribution is 2.35. The summed E-state index contributed by atoms with van der Waals surface area (Å²) in [7, 11) is 0. The molecule has 2 fully saturated rings. The Morgan fingerprint density at radius 2 is 1.83 bits per heavy atom. The number of hydrogen-bond donors (Lipinski definition) is 2. The SMILES string of the molecule is C[C@H]1C(=O)N(C(=O)N[C@@H](C2CCCCC2)C(F)(F)F)[C@@H]1C(=O)O. The molecule has 2 N–H and O–H groups in total. The van der Waals surface area contributed by atoms with Crippen molar-refractivity contribution < 1.29 is 32.7 Å². The maximum Gasteiger partial charge on any atom is 0.408 e. The molecule has 130 valence electrons. The maximum absolute atomic E-state index is 13.2. The normalized spacial score (nSPS) is 27.3. The molecule has 9 heteroatoms. The minimum Gasteiger partial charge on any atom is -0.480 e. The Labute approximate surface area is 131 Å². The van der Waals surface area contributed by atoms with Gasteiger partial charge in [0.25, 0.3) is 0 Å². The number of nitrogens with one attached hydrogen (secondary N) is 1. The predicted molar refractivity (Wildman–Crippen MR) is 72.4 cm³/mol. The molecule has 1 heterocycles. The zero-order valence-corrected chi connectivity index (χ0v) is 12.6. The van der Waals surface area contributed by atoms with Crippen LogP contribution in [0.1, 0.15) is 39.0 Å². The maximum atomic E-state index is 13.2. The number of carbonyl (C=O) groups is 3. The molecule has 1 saturated carbocycles. The smallest absolute Gasteiger partial charge is 0.408 e. The van der Waals surface area contributed by atoms with Crippen LogP contribution in [-0.4, -0.2) is 46.2 Å². The molecule has 6 nitrogen and oxygen atoms in total. The molecule has 2 aliphatic rings. The summed E-state index contributed by atoms with van der Waals surface area (Å²) >= 11 is 0. The van der Waals surface area contributed by atoms with Crippen LogP contribution < -0.4 is 5.32 Å². The van der Waals surface area contributed by atoms with Crippen molar-refractivity contribution in [3.8, 4) is 0 Å². The summed E-state index contributed by atoms with van der Waals surface area (Å²) in [5, 5.41) is 10.8. The molecule has 3 amide bonds. The van der Waals surface area contributed by atoms with Gasteiger partial charge in [-0.1, -0.05) is 26.2 Å². The van der Waals surface area contributed by atoms with Crippen LogP contribution in [0.2, 0.25) is 0 Å². The lowest BCUT2D eigenvalue weighted by molar-refractivity contribution is -0.172. The number of urea groups is 1. The van der Waals surface area contributed by atoms with E-state index >= 15 is 0 Å². The average molecular weight is 336 g/mol. The minimum absolute atomic E-state index is 0.344. The van der Waals surface area contributed by atoms with E-state index in [1.807, 2.05) is 5.32 Å². The third kappa shape index (κ3) is 3.42. The Morgan fingerprint density at radius 1 is 1.26 bits per heavy atom. The van der Waals surface area contributed by atoms with Crippen molar-refractivity contribution >= 4 is 17.9 Å². The van der Waals surface area contributed by atoms with Gasteiger partial charge in [0.15, 0.2) is 0 Å². The number of likely N-dealkylation sites (tertiary alicyclic amines) is 1. The van der Waals surface area contributed by atoms with E-state index in [0.29, 0.717) is 30.6 Å². The third-order valence-corrected chi connectivity index (χ3v) is 4.60. The molecular weight excluding hydrogens is 317 g/mol. The molecule has 1 aliphatic carbocycles. The average Bonchev–Trinajstić information content (AvgIpc) is 2.48. The summed E-state index contributed by atoms with van der Waals surface area (Å²) in [5.74, 6) is -3.85. The van der Waals surface area contributed by atoms with E-state index < -0.39 is 48.0 Å². The monoisotopic (exact) mass is 336 g/mol. The van der Waals surface area contributed by atoms with Gasteiger partial charge in [-0.3, -0.25) is 4.79 Å². The highest BCUT2D eigenvalue weighted by Gasteiger charge is 2.54. The molecule has 1 saturated heterocycles. The summed E-state index contributed by atoms with van der Waals surface area (Å²) < 4.78 is 39.7. The van der Waals surface area contributed by atoms with Gasteiger partial charge in [-0.15, -0.1) is 0 Å². The number of nitrogens with zero attached hydrogens (tertiary/aromatic N) is 1. The van der Waals surface area contributed by atoms with Gasteiger partial charge >= 0.3 is 18.2 Å².